The lowest BCUT2D eigenvalue weighted by molar-refractivity contribution is -0.121. The Balaban J connectivity index is 1.31. The third kappa shape index (κ3) is 7.47. The molecule has 0 spiro atoms. The van der Waals surface area contributed by atoms with E-state index < -0.39 is 6.04 Å². The van der Waals surface area contributed by atoms with Gasteiger partial charge in [0.25, 0.3) is 5.91 Å². The number of amides is 2. The van der Waals surface area contributed by atoms with Gasteiger partial charge in [0.1, 0.15) is 12.4 Å². The van der Waals surface area contributed by atoms with E-state index in [1.165, 1.54) is 0 Å². The molecule has 0 aliphatic carbocycles. The summed E-state index contributed by atoms with van der Waals surface area (Å²) in [6.07, 6.45) is 1.62. The van der Waals surface area contributed by atoms with Crippen molar-refractivity contribution >= 4 is 44.7 Å². The van der Waals surface area contributed by atoms with Crippen molar-refractivity contribution < 1.29 is 14.3 Å². The van der Waals surface area contributed by atoms with Crippen LogP contribution >= 0.6 is 15.9 Å². The number of halogens is 1. The van der Waals surface area contributed by atoms with Gasteiger partial charge in [-0.3, -0.25) is 9.59 Å². The molecule has 204 valence electrons. The average molecular weight is 607 g/mol. The van der Waals surface area contributed by atoms with Crippen LogP contribution in [0.25, 0.3) is 10.8 Å². The first-order chi connectivity index (χ1) is 20.1. The SMILES string of the molecule is O=C(C[C@@H](NC(=O)c1ccccc1)c1ccccc1)N/N=C\c1c(OCc2ccc(Br)cc2)ccc2ccccc12. The topological polar surface area (TPSA) is 79.8 Å². The van der Waals surface area contributed by atoms with E-state index in [9.17, 15) is 9.59 Å². The standard InChI is InChI=1S/C34H28BrN3O3/c35-28-18-15-24(16-19-28)23-41-32-20-17-25-9-7-8-14-29(25)30(32)22-36-38-33(39)21-31(26-10-3-1-4-11-26)37-34(40)27-12-5-2-6-13-27/h1-20,22,31H,21,23H2,(H,37,40)(H,38,39)/b36-22-/t31-/m1/s1. The second-order valence-corrected chi connectivity index (χ2v) is 10.3. The summed E-state index contributed by atoms with van der Waals surface area (Å²) in [5.74, 6) is 0.0713. The van der Waals surface area contributed by atoms with Crippen molar-refractivity contribution in [3.8, 4) is 5.75 Å². The van der Waals surface area contributed by atoms with Crippen molar-refractivity contribution in [1.82, 2.24) is 10.7 Å². The monoisotopic (exact) mass is 605 g/mol. The van der Waals surface area contributed by atoms with Crippen LogP contribution in [0.2, 0.25) is 0 Å². The first-order valence-electron chi connectivity index (χ1n) is 13.2. The number of carbonyl (C=O) groups excluding carboxylic acids is 2. The highest BCUT2D eigenvalue weighted by Crippen LogP contribution is 2.28. The first kappa shape index (κ1) is 27.8. The van der Waals surface area contributed by atoms with Gasteiger partial charge in [0.15, 0.2) is 0 Å². The first-order valence-corrected chi connectivity index (χ1v) is 14.0. The fraction of sp³-hybridized carbons (Fsp3) is 0.0882. The van der Waals surface area contributed by atoms with Crippen molar-refractivity contribution in [1.29, 1.82) is 0 Å². The van der Waals surface area contributed by atoms with Crippen molar-refractivity contribution in [3.05, 3.63) is 148 Å². The molecule has 6 nitrogen and oxygen atoms in total. The van der Waals surface area contributed by atoms with E-state index in [4.69, 9.17) is 4.74 Å². The maximum Gasteiger partial charge on any atom is 0.251 e. The molecule has 0 heterocycles. The summed E-state index contributed by atoms with van der Waals surface area (Å²) in [6.45, 7) is 0.388. The molecule has 7 heteroatoms. The highest BCUT2D eigenvalue weighted by atomic mass is 79.9. The van der Waals surface area contributed by atoms with Gasteiger partial charge in [-0.1, -0.05) is 107 Å². The molecule has 0 bridgehead atoms. The van der Waals surface area contributed by atoms with Gasteiger partial charge in [-0.05, 0) is 52.2 Å². The van der Waals surface area contributed by atoms with E-state index in [1.54, 1.807) is 30.5 Å². The number of ether oxygens (including phenoxy) is 1. The van der Waals surface area contributed by atoms with Crippen LogP contribution in [0, 0.1) is 0 Å². The van der Waals surface area contributed by atoms with Gasteiger partial charge >= 0.3 is 0 Å². The second kappa shape index (κ2) is 13.5. The maximum absolute atomic E-state index is 13.0. The number of fused-ring (bicyclic) bond motifs is 1. The molecule has 5 aromatic carbocycles. The van der Waals surface area contributed by atoms with Gasteiger partial charge in [-0.15, -0.1) is 0 Å². The number of hydrogen-bond donors (Lipinski definition) is 2. The van der Waals surface area contributed by atoms with Crippen LogP contribution < -0.4 is 15.5 Å². The number of carbonyl (C=O) groups is 2. The van der Waals surface area contributed by atoms with E-state index >= 15 is 0 Å². The Morgan fingerprint density at radius 1 is 0.805 bits per heavy atom. The van der Waals surface area contributed by atoms with Gasteiger partial charge in [0, 0.05) is 15.6 Å². The van der Waals surface area contributed by atoms with Gasteiger partial charge < -0.3 is 10.1 Å². The quantitative estimate of drug-likeness (QED) is 0.130. The van der Waals surface area contributed by atoms with Gasteiger partial charge in [-0.25, -0.2) is 5.43 Å². The normalized spacial score (nSPS) is 11.7. The van der Waals surface area contributed by atoms with Crippen LogP contribution in [0.3, 0.4) is 0 Å². The molecular formula is C34H28BrN3O3. The lowest BCUT2D eigenvalue weighted by Gasteiger charge is -2.18. The van der Waals surface area contributed by atoms with Crippen LogP contribution in [-0.2, 0) is 11.4 Å². The molecule has 1 atom stereocenters. The molecule has 0 aliphatic heterocycles. The summed E-state index contributed by atoms with van der Waals surface area (Å²) in [6, 6.07) is 37.6. The molecule has 41 heavy (non-hydrogen) atoms. The summed E-state index contributed by atoms with van der Waals surface area (Å²) in [4.78, 5) is 25.9. The summed E-state index contributed by atoms with van der Waals surface area (Å²) in [5.41, 5.74) is 5.78. The van der Waals surface area contributed by atoms with E-state index in [0.717, 1.165) is 31.9 Å². The Bertz CT molecular complexity index is 1660. The van der Waals surface area contributed by atoms with Crippen molar-refractivity contribution in [2.75, 3.05) is 0 Å². The number of benzene rings is 5. The Labute approximate surface area is 247 Å². The van der Waals surface area contributed by atoms with E-state index in [-0.39, 0.29) is 18.2 Å². The molecule has 0 radical (unpaired) electrons. The molecular weight excluding hydrogens is 578 g/mol. The summed E-state index contributed by atoms with van der Waals surface area (Å²) < 4.78 is 7.17. The predicted octanol–water partition coefficient (Wildman–Crippen LogP) is 7.19. The van der Waals surface area contributed by atoms with E-state index in [1.807, 2.05) is 97.1 Å². The zero-order valence-electron chi connectivity index (χ0n) is 22.2. The molecule has 5 aromatic rings. The lowest BCUT2D eigenvalue weighted by Crippen LogP contribution is -2.32. The molecule has 2 amide bonds. The molecule has 0 saturated carbocycles. The van der Waals surface area contributed by atoms with Crippen LogP contribution in [0.1, 0.15) is 39.5 Å². The Kier molecular flexibility index (Phi) is 9.19. The highest BCUT2D eigenvalue weighted by Gasteiger charge is 2.19. The van der Waals surface area contributed by atoms with E-state index in [2.05, 4.69) is 31.8 Å². The zero-order valence-corrected chi connectivity index (χ0v) is 23.8. The van der Waals surface area contributed by atoms with Crippen molar-refractivity contribution in [3.63, 3.8) is 0 Å². The molecule has 0 unspecified atom stereocenters. The van der Waals surface area contributed by atoms with Gasteiger partial charge in [0.2, 0.25) is 5.91 Å². The number of nitrogens with zero attached hydrogens (tertiary/aromatic N) is 1. The number of nitrogens with one attached hydrogen (secondary N) is 2. The Hall–Kier alpha value is -4.75. The average Bonchev–Trinajstić information content (AvgIpc) is 3.01. The summed E-state index contributed by atoms with van der Waals surface area (Å²) in [7, 11) is 0. The minimum Gasteiger partial charge on any atom is -0.488 e. The van der Waals surface area contributed by atoms with Gasteiger partial charge in [-0.2, -0.15) is 5.10 Å². The predicted molar refractivity (Wildman–Crippen MR) is 166 cm³/mol. The summed E-state index contributed by atoms with van der Waals surface area (Å²) >= 11 is 3.46. The smallest absolute Gasteiger partial charge is 0.251 e. The molecule has 2 N–H and O–H groups in total. The molecule has 0 saturated heterocycles. The maximum atomic E-state index is 13.0. The van der Waals surface area contributed by atoms with Gasteiger partial charge in [0.05, 0.1) is 18.7 Å². The third-order valence-electron chi connectivity index (χ3n) is 6.55. The van der Waals surface area contributed by atoms with E-state index in [0.29, 0.717) is 17.9 Å². The van der Waals surface area contributed by atoms with Crippen LogP contribution in [0.4, 0.5) is 0 Å². The van der Waals surface area contributed by atoms with Crippen LogP contribution in [0.5, 0.6) is 5.75 Å². The van der Waals surface area contributed by atoms with Crippen LogP contribution in [-0.4, -0.2) is 18.0 Å². The fourth-order valence-corrected chi connectivity index (χ4v) is 4.71. The Morgan fingerprint density at radius 3 is 2.24 bits per heavy atom. The summed E-state index contributed by atoms with van der Waals surface area (Å²) in [5, 5.41) is 9.25. The largest absolute Gasteiger partial charge is 0.488 e. The van der Waals surface area contributed by atoms with Crippen molar-refractivity contribution in [2.45, 2.75) is 19.1 Å². The number of hydrazone groups is 1. The minimum absolute atomic E-state index is 0.0163. The highest BCUT2D eigenvalue weighted by molar-refractivity contribution is 9.10. The molecule has 0 aromatic heterocycles. The zero-order chi connectivity index (χ0) is 28.4. The fourth-order valence-electron chi connectivity index (χ4n) is 4.44. The van der Waals surface area contributed by atoms with Crippen molar-refractivity contribution in [2.24, 2.45) is 5.10 Å². The molecule has 0 fully saturated rings. The third-order valence-corrected chi connectivity index (χ3v) is 7.08. The Morgan fingerprint density at radius 2 is 1.49 bits per heavy atom. The molecule has 5 rings (SSSR count). The minimum atomic E-state index is -0.526. The number of rotatable bonds is 10. The second-order valence-electron chi connectivity index (χ2n) is 9.41. The lowest BCUT2D eigenvalue weighted by atomic mass is 10.0. The van der Waals surface area contributed by atoms with Crippen LogP contribution in [0.15, 0.2) is 131 Å². The molecule has 0 aliphatic rings. The number of hydrogen-bond acceptors (Lipinski definition) is 4.